The summed E-state index contributed by atoms with van der Waals surface area (Å²) in [4.78, 5) is 24.3. The van der Waals surface area contributed by atoms with Crippen molar-refractivity contribution >= 4 is 33.0 Å². The minimum Gasteiger partial charge on any atom is -0.482 e. The Bertz CT molecular complexity index is 1160. The molecule has 0 fully saturated rings. The lowest BCUT2D eigenvalue weighted by Crippen LogP contribution is -2.28. The first-order valence-electron chi connectivity index (χ1n) is 10.5. The van der Waals surface area contributed by atoms with Crippen LogP contribution < -0.4 is 15.4 Å². The van der Waals surface area contributed by atoms with Gasteiger partial charge >= 0.3 is 0 Å². The maximum atomic E-state index is 13.2. The van der Waals surface area contributed by atoms with Crippen molar-refractivity contribution in [1.29, 1.82) is 0 Å². The van der Waals surface area contributed by atoms with E-state index in [4.69, 9.17) is 4.74 Å². The molecule has 0 radical (unpaired) electrons. The Kier molecular flexibility index (Phi) is 5.75. The van der Waals surface area contributed by atoms with Gasteiger partial charge in [-0.25, -0.2) is 8.42 Å². The van der Waals surface area contributed by atoms with E-state index in [-0.39, 0.29) is 29.7 Å². The van der Waals surface area contributed by atoms with Gasteiger partial charge in [-0.1, -0.05) is 12.1 Å². The van der Waals surface area contributed by atoms with Crippen molar-refractivity contribution in [3.8, 4) is 5.75 Å². The van der Waals surface area contributed by atoms with E-state index in [0.717, 1.165) is 36.9 Å². The average Bonchev–Trinajstić information content (AvgIpc) is 2.73. The van der Waals surface area contributed by atoms with E-state index in [1.54, 1.807) is 13.0 Å². The Balaban J connectivity index is 1.51. The summed E-state index contributed by atoms with van der Waals surface area (Å²) < 4.78 is 31.8. The van der Waals surface area contributed by atoms with E-state index in [1.165, 1.54) is 18.6 Å². The van der Waals surface area contributed by atoms with Gasteiger partial charge in [-0.3, -0.25) is 9.59 Å². The molecule has 0 bridgehead atoms. The number of sulfone groups is 1. The second-order valence-corrected chi connectivity index (χ2v) is 10.5. The van der Waals surface area contributed by atoms with Gasteiger partial charge in [0.25, 0.3) is 5.91 Å². The van der Waals surface area contributed by atoms with Gasteiger partial charge in [0.2, 0.25) is 5.91 Å². The summed E-state index contributed by atoms with van der Waals surface area (Å²) in [6, 6.07) is 8.90. The predicted octanol–water partition coefficient (Wildman–Crippen LogP) is 3.40. The topological polar surface area (TPSA) is 102 Å². The zero-order chi connectivity index (χ0) is 22.2. The number of rotatable bonds is 5. The fourth-order valence-corrected chi connectivity index (χ4v) is 5.79. The fourth-order valence-electron chi connectivity index (χ4n) is 4.21. The zero-order valence-electron chi connectivity index (χ0n) is 17.7. The van der Waals surface area contributed by atoms with Crippen molar-refractivity contribution in [3.63, 3.8) is 0 Å². The highest BCUT2D eigenvalue weighted by Crippen LogP contribution is 2.35. The molecule has 2 amide bonds. The Labute approximate surface area is 182 Å². The standard InChI is InChI=1S/C23H26N2O5S/c1-14-10-19-20(30-13-23(27)25-19)12-21(14)31(28,29)15(2)11-22(26)24-18-9-5-7-16-6-3-4-8-17(16)18/h5,7,9-10,12,15H,3-4,6,8,11,13H2,1-2H3,(H,24,26)(H,25,27)/t15-/m0/s1. The monoisotopic (exact) mass is 442 g/mol. The van der Waals surface area contributed by atoms with E-state index < -0.39 is 15.1 Å². The van der Waals surface area contributed by atoms with Crippen LogP contribution in [0.5, 0.6) is 5.75 Å². The number of benzene rings is 2. The molecule has 4 rings (SSSR count). The highest BCUT2D eigenvalue weighted by molar-refractivity contribution is 7.92. The molecule has 7 nitrogen and oxygen atoms in total. The average molecular weight is 443 g/mol. The summed E-state index contributed by atoms with van der Waals surface area (Å²) in [5.41, 5.74) is 4.13. The Morgan fingerprint density at radius 2 is 2.00 bits per heavy atom. The SMILES string of the molecule is Cc1cc2c(cc1S(=O)(=O)[C@@H](C)CC(=O)Nc1cccc3c1CCCC3)OCC(=O)N2. The number of amides is 2. The minimum atomic E-state index is -3.77. The van der Waals surface area contributed by atoms with E-state index in [0.29, 0.717) is 17.0 Å². The highest BCUT2D eigenvalue weighted by Gasteiger charge is 2.30. The van der Waals surface area contributed by atoms with Crippen molar-refractivity contribution in [1.82, 2.24) is 0 Å². The summed E-state index contributed by atoms with van der Waals surface area (Å²) in [5, 5.41) is 4.67. The summed E-state index contributed by atoms with van der Waals surface area (Å²) in [7, 11) is -3.77. The van der Waals surface area contributed by atoms with Gasteiger partial charge < -0.3 is 15.4 Å². The molecule has 0 aromatic heterocycles. The van der Waals surface area contributed by atoms with Crippen LogP contribution in [0.25, 0.3) is 0 Å². The molecule has 1 heterocycles. The van der Waals surface area contributed by atoms with E-state index in [9.17, 15) is 18.0 Å². The molecule has 1 atom stereocenters. The van der Waals surface area contributed by atoms with Crippen molar-refractivity contribution in [2.45, 2.75) is 56.1 Å². The molecule has 1 aliphatic heterocycles. The number of anilines is 2. The van der Waals surface area contributed by atoms with Crippen molar-refractivity contribution in [3.05, 3.63) is 47.0 Å². The fraction of sp³-hybridized carbons (Fsp3) is 0.391. The molecule has 164 valence electrons. The van der Waals surface area contributed by atoms with E-state index >= 15 is 0 Å². The Hall–Kier alpha value is -2.87. The van der Waals surface area contributed by atoms with Crippen LogP contribution in [0.4, 0.5) is 11.4 Å². The smallest absolute Gasteiger partial charge is 0.262 e. The number of hydrogen-bond acceptors (Lipinski definition) is 5. The summed E-state index contributed by atoms with van der Waals surface area (Å²) in [6.07, 6.45) is 4.01. The molecule has 0 unspecified atom stereocenters. The van der Waals surface area contributed by atoms with Crippen LogP contribution in [0.3, 0.4) is 0 Å². The predicted molar refractivity (Wildman–Crippen MR) is 118 cm³/mol. The largest absolute Gasteiger partial charge is 0.482 e. The van der Waals surface area contributed by atoms with E-state index in [1.807, 2.05) is 12.1 Å². The third kappa shape index (κ3) is 4.30. The third-order valence-electron chi connectivity index (χ3n) is 5.89. The third-order valence-corrected chi connectivity index (χ3v) is 8.17. The van der Waals surface area contributed by atoms with Crippen molar-refractivity contribution in [2.24, 2.45) is 0 Å². The molecule has 1 aliphatic carbocycles. The first-order valence-corrected chi connectivity index (χ1v) is 12.0. The number of aryl methyl sites for hydroxylation is 2. The lowest BCUT2D eigenvalue weighted by molar-refractivity contribution is -0.118. The number of ether oxygens (including phenoxy) is 1. The van der Waals surface area contributed by atoms with Gasteiger partial charge in [-0.05, 0) is 68.4 Å². The molecule has 2 aromatic carbocycles. The van der Waals surface area contributed by atoms with Gasteiger partial charge in [-0.15, -0.1) is 0 Å². The van der Waals surface area contributed by atoms with Crippen LogP contribution in [0.1, 0.15) is 42.9 Å². The number of hydrogen-bond donors (Lipinski definition) is 2. The summed E-state index contributed by atoms with van der Waals surface area (Å²) in [6.45, 7) is 3.04. The maximum absolute atomic E-state index is 13.2. The first-order chi connectivity index (χ1) is 14.8. The van der Waals surface area contributed by atoms with Gasteiger partial charge in [0.15, 0.2) is 16.4 Å². The number of nitrogens with one attached hydrogen (secondary N) is 2. The number of carbonyl (C=O) groups is 2. The van der Waals surface area contributed by atoms with Crippen molar-refractivity contribution < 1.29 is 22.7 Å². The van der Waals surface area contributed by atoms with Gasteiger partial charge in [-0.2, -0.15) is 0 Å². The Morgan fingerprint density at radius 3 is 2.81 bits per heavy atom. The lowest BCUT2D eigenvalue weighted by Gasteiger charge is -2.22. The number of carbonyl (C=O) groups excluding carboxylic acids is 2. The second-order valence-electron chi connectivity index (χ2n) is 8.21. The van der Waals surface area contributed by atoms with E-state index in [2.05, 4.69) is 16.7 Å². The van der Waals surface area contributed by atoms with Crippen LogP contribution in [0, 0.1) is 6.92 Å². The molecule has 2 aromatic rings. The Morgan fingerprint density at radius 1 is 1.23 bits per heavy atom. The molecule has 0 saturated carbocycles. The van der Waals surface area contributed by atoms with Crippen LogP contribution in [-0.4, -0.2) is 32.1 Å². The van der Waals surface area contributed by atoms with Gasteiger partial charge in [0.1, 0.15) is 5.75 Å². The molecular weight excluding hydrogens is 416 g/mol. The van der Waals surface area contributed by atoms with Crippen LogP contribution in [0.2, 0.25) is 0 Å². The molecule has 31 heavy (non-hydrogen) atoms. The van der Waals surface area contributed by atoms with Crippen LogP contribution in [0.15, 0.2) is 35.2 Å². The van der Waals surface area contributed by atoms with Gasteiger partial charge in [0, 0.05) is 18.2 Å². The molecule has 0 saturated heterocycles. The highest BCUT2D eigenvalue weighted by atomic mass is 32.2. The zero-order valence-corrected chi connectivity index (χ0v) is 18.5. The molecule has 8 heteroatoms. The molecule has 2 aliphatic rings. The molecule has 2 N–H and O–H groups in total. The lowest BCUT2D eigenvalue weighted by atomic mass is 9.90. The van der Waals surface area contributed by atoms with Crippen LogP contribution >= 0.6 is 0 Å². The van der Waals surface area contributed by atoms with Gasteiger partial charge in [0.05, 0.1) is 15.8 Å². The molecule has 0 spiro atoms. The minimum absolute atomic E-state index is 0.111. The normalized spacial score (nSPS) is 16.4. The number of fused-ring (bicyclic) bond motifs is 2. The van der Waals surface area contributed by atoms with Crippen molar-refractivity contribution in [2.75, 3.05) is 17.2 Å². The quantitative estimate of drug-likeness (QED) is 0.739. The first kappa shape index (κ1) is 21.4. The maximum Gasteiger partial charge on any atom is 0.262 e. The summed E-state index contributed by atoms with van der Waals surface area (Å²) >= 11 is 0. The molecular formula is C23H26N2O5S. The van der Waals surface area contributed by atoms with Crippen LogP contribution in [-0.2, 0) is 32.3 Å². The summed E-state index contributed by atoms with van der Waals surface area (Å²) in [5.74, 6) is -0.291. The second kappa shape index (κ2) is 8.34.